The first kappa shape index (κ1) is 24.0. The highest BCUT2D eigenvalue weighted by Gasteiger charge is 2.52. The van der Waals surface area contributed by atoms with Crippen molar-refractivity contribution in [3.05, 3.63) is 29.8 Å². The van der Waals surface area contributed by atoms with Crippen molar-refractivity contribution in [1.82, 2.24) is 20.0 Å². The third kappa shape index (κ3) is 5.18. The highest BCUT2D eigenvalue weighted by molar-refractivity contribution is 6.07. The second-order valence-electron chi connectivity index (χ2n) is 9.39. The van der Waals surface area contributed by atoms with Crippen molar-refractivity contribution >= 4 is 23.8 Å². The van der Waals surface area contributed by atoms with Gasteiger partial charge in [0.25, 0.3) is 5.91 Å². The zero-order valence-corrected chi connectivity index (χ0v) is 19.9. The van der Waals surface area contributed by atoms with E-state index in [1.165, 1.54) is 4.90 Å². The van der Waals surface area contributed by atoms with Gasteiger partial charge >= 0.3 is 6.03 Å². The summed E-state index contributed by atoms with van der Waals surface area (Å²) in [6.45, 7) is 2.35. The molecule has 1 aliphatic carbocycles. The van der Waals surface area contributed by atoms with E-state index in [-0.39, 0.29) is 36.7 Å². The van der Waals surface area contributed by atoms with Gasteiger partial charge in [-0.2, -0.15) is 0 Å². The van der Waals surface area contributed by atoms with Crippen LogP contribution >= 0.6 is 0 Å². The lowest BCUT2D eigenvalue weighted by Gasteiger charge is -2.35. The molecule has 3 aliphatic rings. The van der Waals surface area contributed by atoms with E-state index in [2.05, 4.69) is 5.32 Å². The predicted molar refractivity (Wildman–Crippen MR) is 125 cm³/mol. The standard InChI is InChI=1S/C25H34N4O5/c1-34-20-9-6-19(7-10-20)8-11-22(31)28-17-15-27(16-18-28)21(30)5-4-14-29-23(32)25(26-24(29)33)12-2-3-13-25/h6-7,9-10H,2-5,8,11-18H2,1H3,(H,26,33). The molecule has 1 aromatic carbocycles. The summed E-state index contributed by atoms with van der Waals surface area (Å²) in [7, 11) is 1.63. The molecular weight excluding hydrogens is 436 g/mol. The number of amides is 5. The van der Waals surface area contributed by atoms with E-state index in [0.717, 1.165) is 24.2 Å². The molecule has 0 atom stereocenters. The van der Waals surface area contributed by atoms with E-state index >= 15 is 0 Å². The number of aryl methyl sites for hydroxylation is 1. The van der Waals surface area contributed by atoms with Crippen molar-refractivity contribution < 1.29 is 23.9 Å². The van der Waals surface area contributed by atoms with Crippen LogP contribution in [0.3, 0.4) is 0 Å². The second kappa shape index (κ2) is 10.4. The number of imide groups is 1. The third-order valence-electron chi connectivity index (χ3n) is 7.25. The predicted octanol–water partition coefficient (Wildman–Crippen LogP) is 1.94. The second-order valence-corrected chi connectivity index (χ2v) is 9.39. The van der Waals surface area contributed by atoms with Crippen LogP contribution in [0.5, 0.6) is 5.75 Å². The quantitative estimate of drug-likeness (QED) is 0.586. The number of ether oxygens (including phenoxy) is 1. The van der Waals surface area contributed by atoms with Gasteiger partial charge in [0.2, 0.25) is 11.8 Å². The molecule has 9 nitrogen and oxygen atoms in total. The minimum Gasteiger partial charge on any atom is -0.497 e. The molecule has 1 aromatic rings. The van der Waals surface area contributed by atoms with Gasteiger partial charge in [-0.3, -0.25) is 19.3 Å². The van der Waals surface area contributed by atoms with Crippen molar-refractivity contribution in [1.29, 1.82) is 0 Å². The summed E-state index contributed by atoms with van der Waals surface area (Å²) in [5.41, 5.74) is 0.393. The number of benzene rings is 1. The first-order valence-electron chi connectivity index (χ1n) is 12.2. The number of nitrogens with one attached hydrogen (secondary N) is 1. The number of carbonyl (C=O) groups excluding carboxylic acids is 4. The van der Waals surface area contributed by atoms with E-state index in [9.17, 15) is 19.2 Å². The van der Waals surface area contributed by atoms with Gasteiger partial charge in [0.05, 0.1) is 7.11 Å². The van der Waals surface area contributed by atoms with E-state index < -0.39 is 5.54 Å². The van der Waals surface area contributed by atoms with Gasteiger partial charge in [0.1, 0.15) is 11.3 Å². The molecule has 2 heterocycles. The summed E-state index contributed by atoms with van der Waals surface area (Å²) in [6.07, 6.45) is 5.17. The Hall–Kier alpha value is -3.10. The first-order chi connectivity index (χ1) is 16.4. The van der Waals surface area contributed by atoms with E-state index in [1.807, 2.05) is 29.2 Å². The normalized spacial score (nSPS) is 19.6. The van der Waals surface area contributed by atoms with Gasteiger partial charge in [-0.1, -0.05) is 25.0 Å². The van der Waals surface area contributed by atoms with Crippen molar-refractivity contribution in [2.24, 2.45) is 0 Å². The van der Waals surface area contributed by atoms with Crippen LogP contribution in [0.4, 0.5) is 4.79 Å². The Morgan fingerprint density at radius 3 is 2.12 bits per heavy atom. The number of nitrogens with zero attached hydrogens (tertiary/aromatic N) is 3. The van der Waals surface area contributed by atoms with Crippen molar-refractivity contribution in [3.8, 4) is 5.75 Å². The SMILES string of the molecule is COc1ccc(CCC(=O)N2CCN(C(=O)CCCN3C(=O)NC4(CCCC4)C3=O)CC2)cc1. The van der Waals surface area contributed by atoms with E-state index in [1.54, 1.807) is 12.0 Å². The summed E-state index contributed by atoms with van der Waals surface area (Å²) in [6, 6.07) is 7.39. The van der Waals surface area contributed by atoms with Crippen LogP contribution in [0.1, 0.15) is 50.5 Å². The Morgan fingerprint density at radius 2 is 1.53 bits per heavy atom. The molecule has 3 fully saturated rings. The van der Waals surface area contributed by atoms with Crippen LogP contribution in [-0.4, -0.2) is 83.8 Å². The number of methoxy groups -OCH3 is 1. The summed E-state index contributed by atoms with van der Waals surface area (Å²) >= 11 is 0. The lowest BCUT2D eigenvalue weighted by atomic mass is 9.98. The van der Waals surface area contributed by atoms with Crippen LogP contribution in [0.25, 0.3) is 0 Å². The fourth-order valence-corrected chi connectivity index (χ4v) is 5.15. The van der Waals surface area contributed by atoms with Crippen LogP contribution in [0.2, 0.25) is 0 Å². The van der Waals surface area contributed by atoms with Gasteiger partial charge < -0.3 is 19.9 Å². The van der Waals surface area contributed by atoms with E-state index in [0.29, 0.717) is 58.3 Å². The number of rotatable bonds is 8. The Balaban J connectivity index is 1.15. The average Bonchev–Trinajstić information content (AvgIpc) is 3.42. The number of hydrogen-bond acceptors (Lipinski definition) is 5. The maximum atomic E-state index is 12.7. The van der Waals surface area contributed by atoms with Gasteiger partial charge in [-0.05, 0) is 43.4 Å². The van der Waals surface area contributed by atoms with Crippen LogP contribution in [0.15, 0.2) is 24.3 Å². The molecule has 0 aromatic heterocycles. The highest BCUT2D eigenvalue weighted by atomic mass is 16.5. The minimum absolute atomic E-state index is 0.00738. The fraction of sp³-hybridized carbons (Fsp3) is 0.600. The molecule has 0 bridgehead atoms. The molecule has 4 rings (SSSR count). The Morgan fingerprint density at radius 1 is 0.941 bits per heavy atom. The molecular formula is C25H34N4O5. The maximum absolute atomic E-state index is 12.7. The summed E-state index contributed by atoms with van der Waals surface area (Å²) < 4.78 is 5.16. The van der Waals surface area contributed by atoms with E-state index in [4.69, 9.17) is 4.74 Å². The molecule has 1 saturated carbocycles. The molecule has 34 heavy (non-hydrogen) atoms. The van der Waals surface area contributed by atoms with Crippen molar-refractivity contribution in [2.75, 3.05) is 39.8 Å². The molecule has 1 spiro atoms. The average molecular weight is 471 g/mol. The maximum Gasteiger partial charge on any atom is 0.325 e. The monoisotopic (exact) mass is 470 g/mol. The Bertz CT molecular complexity index is 918. The topological polar surface area (TPSA) is 99.3 Å². The van der Waals surface area contributed by atoms with Crippen LogP contribution in [-0.2, 0) is 20.8 Å². The molecule has 184 valence electrons. The molecule has 0 unspecified atom stereocenters. The molecule has 0 radical (unpaired) electrons. The molecule has 2 saturated heterocycles. The number of hydrogen-bond donors (Lipinski definition) is 1. The Kier molecular flexibility index (Phi) is 7.38. The summed E-state index contributed by atoms with van der Waals surface area (Å²) in [5.74, 6) is 0.767. The molecule has 1 N–H and O–H groups in total. The third-order valence-corrected chi connectivity index (χ3v) is 7.25. The number of urea groups is 1. The molecule has 2 aliphatic heterocycles. The molecule has 9 heteroatoms. The Labute approximate surface area is 200 Å². The zero-order chi connectivity index (χ0) is 24.1. The van der Waals surface area contributed by atoms with Gasteiger partial charge in [0.15, 0.2) is 0 Å². The lowest BCUT2D eigenvalue weighted by Crippen LogP contribution is -2.50. The summed E-state index contributed by atoms with van der Waals surface area (Å²) in [4.78, 5) is 55.0. The number of piperazine rings is 1. The fourth-order valence-electron chi connectivity index (χ4n) is 5.15. The largest absolute Gasteiger partial charge is 0.497 e. The number of carbonyl (C=O) groups is 4. The van der Waals surface area contributed by atoms with Crippen LogP contribution < -0.4 is 10.1 Å². The first-order valence-corrected chi connectivity index (χ1v) is 12.2. The minimum atomic E-state index is -0.697. The highest BCUT2D eigenvalue weighted by Crippen LogP contribution is 2.35. The zero-order valence-electron chi connectivity index (χ0n) is 19.9. The van der Waals surface area contributed by atoms with Crippen LogP contribution in [0, 0.1) is 0 Å². The summed E-state index contributed by atoms with van der Waals surface area (Å²) in [5, 5.41) is 2.87. The van der Waals surface area contributed by atoms with Gasteiger partial charge in [-0.25, -0.2) is 4.79 Å². The van der Waals surface area contributed by atoms with Gasteiger partial charge in [-0.15, -0.1) is 0 Å². The van der Waals surface area contributed by atoms with Gasteiger partial charge in [0, 0.05) is 45.6 Å². The van der Waals surface area contributed by atoms with Crippen molar-refractivity contribution in [3.63, 3.8) is 0 Å². The van der Waals surface area contributed by atoms with Crippen molar-refractivity contribution in [2.45, 2.75) is 56.9 Å². The molecule has 5 amide bonds. The lowest BCUT2D eigenvalue weighted by molar-refractivity contribution is -0.139. The smallest absolute Gasteiger partial charge is 0.325 e.